The van der Waals surface area contributed by atoms with E-state index in [9.17, 15) is 9.18 Å². The largest absolute Gasteiger partial charge is 0.351 e. The average molecular weight is 351 g/mol. The molecule has 1 unspecified atom stereocenters. The number of hydrogen-bond donors (Lipinski definition) is 2. The highest BCUT2D eigenvalue weighted by molar-refractivity contribution is 9.10. The first-order valence-electron chi connectivity index (χ1n) is 6.57. The van der Waals surface area contributed by atoms with Crippen LogP contribution in [0.4, 0.5) is 4.39 Å². The summed E-state index contributed by atoms with van der Waals surface area (Å²) in [5.41, 5.74) is 7.28. The van der Waals surface area contributed by atoms with Crippen LogP contribution in [0.25, 0.3) is 0 Å². The van der Waals surface area contributed by atoms with Gasteiger partial charge in [0, 0.05) is 16.6 Å². The van der Waals surface area contributed by atoms with Crippen molar-refractivity contribution in [3.63, 3.8) is 0 Å². The summed E-state index contributed by atoms with van der Waals surface area (Å²) in [7, 11) is 0. The van der Waals surface area contributed by atoms with Gasteiger partial charge in [-0.1, -0.05) is 46.3 Å². The molecule has 0 saturated heterocycles. The molecule has 5 heteroatoms. The number of carbonyl (C=O) groups is 1. The fourth-order valence-electron chi connectivity index (χ4n) is 1.95. The normalized spacial score (nSPS) is 12.0. The first-order valence-corrected chi connectivity index (χ1v) is 7.36. The van der Waals surface area contributed by atoms with Crippen LogP contribution in [0.3, 0.4) is 0 Å². The lowest BCUT2D eigenvalue weighted by molar-refractivity contribution is -0.122. The smallest absolute Gasteiger partial charge is 0.237 e. The fraction of sp³-hybridized carbons (Fsp3) is 0.188. The first-order chi connectivity index (χ1) is 10.1. The molecular weight excluding hydrogens is 335 g/mol. The van der Waals surface area contributed by atoms with Gasteiger partial charge in [0.25, 0.3) is 0 Å². The Labute approximate surface area is 131 Å². The Morgan fingerprint density at radius 3 is 2.67 bits per heavy atom. The van der Waals surface area contributed by atoms with E-state index in [1.165, 1.54) is 6.07 Å². The molecule has 0 bridgehead atoms. The summed E-state index contributed by atoms with van der Waals surface area (Å²) in [4.78, 5) is 11.9. The van der Waals surface area contributed by atoms with Crippen LogP contribution in [0.1, 0.15) is 11.1 Å². The topological polar surface area (TPSA) is 55.1 Å². The average Bonchev–Trinajstić information content (AvgIpc) is 2.49. The molecule has 0 fully saturated rings. The van der Waals surface area contributed by atoms with Gasteiger partial charge in [-0.3, -0.25) is 4.79 Å². The van der Waals surface area contributed by atoms with Gasteiger partial charge in [0.2, 0.25) is 5.91 Å². The minimum atomic E-state index is -0.650. The highest BCUT2D eigenvalue weighted by Crippen LogP contribution is 2.15. The molecule has 0 saturated carbocycles. The fourth-order valence-corrected chi connectivity index (χ4v) is 2.36. The van der Waals surface area contributed by atoms with E-state index < -0.39 is 6.04 Å². The molecule has 1 amide bonds. The highest BCUT2D eigenvalue weighted by atomic mass is 79.9. The van der Waals surface area contributed by atoms with E-state index in [2.05, 4.69) is 21.2 Å². The second kappa shape index (κ2) is 7.33. The molecule has 0 aliphatic rings. The number of carbonyl (C=O) groups excluding carboxylic acids is 1. The number of amides is 1. The lowest BCUT2D eigenvalue weighted by Crippen LogP contribution is -2.41. The van der Waals surface area contributed by atoms with Crippen molar-refractivity contribution in [2.24, 2.45) is 5.73 Å². The van der Waals surface area contributed by atoms with Gasteiger partial charge >= 0.3 is 0 Å². The molecule has 2 aromatic carbocycles. The summed E-state index contributed by atoms with van der Waals surface area (Å²) >= 11 is 3.27. The van der Waals surface area contributed by atoms with Crippen LogP contribution in [0.5, 0.6) is 0 Å². The quantitative estimate of drug-likeness (QED) is 0.870. The molecule has 110 valence electrons. The minimum absolute atomic E-state index is 0.118. The van der Waals surface area contributed by atoms with E-state index in [-0.39, 0.29) is 18.3 Å². The Hall–Kier alpha value is -1.72. The third-order valence-electron chi connectivity index (χ3n) is 3.10. The van der Waals surface area contributed by atoms with Gasteiger partial charge < -0.3 is 11.1 Å². The van der Waals surface area contributed by atoms with Crippen LogP contribution >= 0.6 is 15.9 Å². The molecular formula is C16H16BrFN2O. The SMILES string of the molecule is NC(Cc1ccccc1)C(=O)NCc1cc(Br)ccc1F. The van der Waals surface area contributed by atoms with Gasteiger partial charge in [-0.15, -0.1) is 0 Å². The van der Waals surface area contributed by atoms with Crippen molar-refractivity contribution in [3.8, 4) is 0 Å². The Morgan fingerprint density at radius 2 is 1.95 bits per heavy atom. The van der Waals surface area contributed by atoms with E-state index in [0.29, 0.717) is 12.0 Å². The molecule has 2 rings (SSSR count). The lowest BCUT2D eigenvalue weighted by atomic mass is 10.1. The second-order valence-corrected chi connectivity index (χ2v) is 5.67. The van der Waals surface area contributed by atoms with Crippen molar-refractivity contribution in [3.05, 3.63) is 69.9 Å². The zero-order valence-electron chi connectivity index (χ0n) is 11.4. The third-order valence-corrected chi connectivity index (χ3v) is 3.59. The van der Waals surface area contributed by atoms with Crippen LogP contribution in [0.2, 0.25) is 0 Å². The number of benzene rings is 2. The summed E-state index contributed by atoms with van der Waals surface area (Å²) in [6.07, 6.45) is 0.452. The Morgan fingerprint density at radius 1 is 1.24 bits per heavy atom. The Balaban J connectivity index is 1.91. The first kappa shape index (κ1) is 15.7. The molecule has 0 aromatic heterocycles. The van der Waals surface area contributed by atoms with Crippen molar-refractivity contribution in [2.45, 2.75) is 19.0 Å². The summed E-state index contributed by atoms with van der Waals surface area (Å²) in [6, 6.07) is 13.5. The summed E-state index contributed by atoms with van der Waals surface area (Å²) in [5, 5.41) is 2.66. The Kier molecular flexibility index (Phi) is 5.47. The number of nitrogens with two attached hydrogens (primary N) is 1. The predicted molar refractivity (Wildman–Crippen MR) is 84.1 cm³/mol. The lowest BCUT2D eigenvalue weighted by Gasteiger charge is -2.13. The van der Waals surface area contributed by atoms with Crippen molar-refractivity contribution in [2.75, 3.05) is 0 Å². The van der Waals surface area contributed by atoms with E-state index in [4.69, 9.17) is 5.73 Å². The van der Waals surface area contributed by atoms with Gasteiger partial charge in [-0.25, -0.2) is 4.39 Å². The van der Waals surface area contributed by atoms with Gasteiger partial charge in [-0.2, -0.15) is 0 Å². The molecule has 1 atom stereocenters. The molecule has 0 heterocycles. The van der Waals surface area contributed by atoms with Crippen molar-refractivity contribution >= 4 is 21.8 Å². The van der Waals surface area contributed by atoms with Crippen LogP contribution in [0.15, 0.2) is 53.0 Å². The summed E-state index contributed by atoms with van der Waals surface area (Å²) in [5.74, 6) is -0.645. The molecule has 0 radical (unpaired) electrons. The molecule has 0 spiro atoms. The molecule has 3 N–H and O–H groups in total. The van der Waals surface area contributed by atoms with Crippen LogP contribution in [-0.4, -0.2) is 11.9 Å². The van der Waals surface area contributed by atoms with Gasteiger partial charge in [0.15, 0.2) is 0 Å². The van der Waals surface area contributed by atoms with Crippen LogP contribution in [0, 0.1) is 5.82 Å². The molecule has 0 aliphatic carbocycles. The Bertz CT molecular complexity index is 619. The zero-order valence-corrected chi connectivity index (χ0v) is 12.9. The van der Waals surface area contributed by atoms with Crippen molar-refractivity contribution < 1.29 is 9.18 Å². The number of rotatable bonds is 5. The minimum Gasteiger partial charge on any atom is -0.351 e. The highest BCUT2D eigenvalue weighted by Gasteiger charge is 2.14. The predicted octanol–water partition coefficient (Wildman–Crippen LogP) is 2.77. The molecule has 21 heavy (non-hydrogen) atoms. The van der Waals surface area contributed by atoms with E-state index in [0.717, 1.165) is 10.0 Å². The monoisotopic (exact) mass is 350 g/mol. The van der Waals surface area contributed by atoms with E-state index in [1.54, 1.807) is 12.1 Å². The summed E-state index contributed by atoms with van der Waals surface area (Å²) in [6.45, 7) is 0.118. The summed E-state index contributed by atoms with van der Waals surface area (Å²) < 4.78 is 14.3. The van der Waals surface area contributed by atoms with Gasteiger partial charge in [0.05, 0.1) is 6.04 Å². The van der Waals surface area contributed by atoms with Crippen LogP contribution in [-0.2, 0) is 17.8 Å². The molecule has 3 nitrogen and oxygen atoms in total. The molecule has 0 aliphatic heterocycles. The number of nitrogens with one attached hydrogen (secondary N) is 1. The number of hydrogen-bond acceptors (Lipinski definition) is 2. The van der Waals surface area contributed by atoms with E-state index >= 15 is 0 Å². The maximum absolute atomic E-state index is 13.6. The standard InChI is InChI=1S/C16H16BrFN2O/c17-13-6-7-14(18)12(9-13)10-20-16(21)15(19)8-11-4-2-1-3-5-11/h1-7,9,15H,8,10,19H2,(H,20,21). The number of halogens is 2. The maximum Gasteiger partial charge on any atom is 0.237 e. The van der Waals surface area contributed by atoms with Crippen LogP contribution < -0.4 is 11.1 Å². The van der Waals surface area contributed by atoms with Gasteiger partial charge in [-0.05, 0) is 30.2 Å². The van der Waals surface area contributed by atoms with Gasteiger partial charge in [0.1, 0.15) is 5.82 Å². The second-order valence-electron chi connectivity index (χ2n) is 4.75. The van der Waals surface area contributed by atoms with Crippen molar-refractivity contribution in [1.82, 2.24) is 5.32 Å². The zero-order chi connectivity index (χ0) is 15.2. The third kappa shape index (κ3) is 4.65. The van der Waals surface area contributed by atoms with Crippen molar-refractivity contribution in [1.29, 1.82) is 0 Å². The van der Waals surface area contributed by atoms with E-state index in [1.807, 2.05) is 30.3 Å². The maximum atomic E-state index is 13.6. The molecule has 2 aromatic rings.